The highest BCUT2D eigenvalue weighted by atomic mass is 16.1. The van der Waals surface area contributed by atoms with E-state index in [1.54, 1.807) is 36.5 Å². The summed E-state index contributed by atoms with van der Waals surface area (Å²) in [5, 5.41) is 10.6. The fourth-order valence-corrected chi connectivity index (χ4v) is 3.30. The van der Waals surface area contributed by atoms with Crippen LogP contribution < -0.4 is 11.1 Å². The number of nitrogens with two attached hydrogens (primary N) is 1. The number of nitrogens with one attached hydrogen (secondary N) is 3. The van der Waals surface area contributed by atoms with E-state index in [1.807, 2.05) is 18.2 Å². The third-order valence-electron chi connectivity index (χ3n) is 4.84. The summed E-state index contributed by atoms with van der Waals surface area (Å²) in [7, 11) is 0. The molecule has 0 bridgehead atoms. The van der Waals surface area contributed by atoms with E-state index >= 15 is 0 Å². The van der Waals surface area contributed by atoms with Gasteiger partial charge in [-0.1, -0.05) is 30.3 Å². The number of carbonyl (C=O) groups excluding carboxylic acids is 1. The van der Waals surface area contributed by atoms with Crippen LogP contribution in [0.5, 0.6) is 0 Å². The molecule has 2 aromatic carbocycles. The molecule has 5 N–H and O–H groups in total. The Bertz CT molecular complexity index is 1200. The second-order valence-corrected chi connectivity index (χ2v) is 6.98. The number of aryl methyl sites for hydroxylation is 1. The Morgan fingerprint density at radius 3 is 2.73 bits per heavy atom. The van der Waals surface area contributed by atoms with E-state index in [-0.39, 0.29) is 11.7 Å². The highest BCUT2D eigenvalue weighted by Gasteiger charge is 2.16. The van der Waals surface area contributed by atoms with Crippen molar-refractivity contribution in [2.45, 2.75) is 12.8 Å². The monoisotopic (exact) mass is 398 g/mol. The summed E-state index contributed by atoms with van der Waals surface area (Å²) in [6.07, 6.45) is 3.39. The molecule has 0 saturated carbocycles. The smallest absolute Gasteiger partial charge is 0.253 e. The number of hydrogen-bond acceptors (Lipinski definition) is 4. The Kier molecular flexibility index (Phi) is 5.52. The van der Waals surface area contributed by atoms with E-state index in [9.17, 15) is 4.79 Å². The third kappa shape index (κ3) is 4.20. The molecule has 2 aromatic heterocycles. The number of H-pyrrole nitrogens is 1. The highest BCUT2D eigenvalue weighted by Crippen LogP contribution is 2.22. The van der Waals surface area contributed by atoms with Gasteiger partial charge in [0.15, 0.2) is 5.82 Å². The number of aromatic nitrogens is 3. The lowest BCUT2D eigenvalue weighted by Gasteiger charge is -2.08. The maximum Gasteiger partial charge on any atom is 0.253 e. The van der Waals surface area contributed by atoms with Gasteiger partial charge in [-0.25, -0.2) is 4.98 Å². The zero-order valence-corrected chi connectivity index (χ0v) is 16.4. The molecular formula is C23H22N6O. The second kappa shape index (κ2) is 8.57. The summed E-state index contributed by atoms with van der Waals surface area (Å²) in [4.78, 5) is 24.9. The number of nitrogen functional groups attached to an aromatic ring is 1. The molecule has 2 heterocycles. The molecule has 150 valence electrons. The molecule has 0 aliphatic rings. The minimum atomic E-state index is -0.184. The Hall–Kier alpha value is -4.00. The first kappa shape index (κ1) is 19.3. The quantitative estimate of drug-likeness (QED) is 0.217. The van der Waals surface area contributed by atoms with Crippen LogP contribution in [-0.2, 0) is 6.42 Å². The molecular weight excluding hydrogens is 376 g/mol. The van der Waals surface area contributed by atoms with Crippen molar-refractivity contribution >= 4 is 22.8 Å². The topological polar surface area (TPSA) is 121 Å². The zero-order valence-electron chi connectivity index (χ0n) is 16.4. The van der Waals surface area contributed by atoms with Crippen LogP contribution in [0.4, 0.5) is 0 Å². The molecule has 30 heavy (non-hydrogen) atoms. The zero-order chi connectivity index (χ0) is 20.9. The summed E-state index contributed by atoms with van der Waals surface area (Å²) in [5.41, 5.74) is 9.82. The number of rotatable bonds is 7. The van der Waals surface area contributed by atoms with Crippen LogP contribution >= 0.6 is 0 Å². The van der Waals surface area contributed by atoms with Gasteiger partial charge in [-0.3, -0.25) is 15.2 Å². The summed E-state index contributed by atoms with van der Waals surface area (Å²) in [6, 6.07) is 19.0. The van der Waals surface area contributed by atoms with Crippen molar-refractivity contribution in [3.63, 3.8) is 0 Å². The van der Waals surface area contributed by atoms with E-state index in [0.29, 0.717) is 29.2 Å². The molecule has 0 atom stereocenters. The van der Waals surface area contributed by atoms with E-state index in [0.717, 1.165) is 23.9 Å². The average Bonchev–Trinajstić information content (AvgIpc) is 3.20. The van der Waals surface area contributed by atoms with Crippen molar-refractivity contribution < 1.29 is 4.79 Å². The van der Waals surface area contributed by atoms with Gasteiger partial charge in [-0.15, -0.1) is 0 Å². The van der Waals surface area contributed by atoms with Crippen LogP contribution in [0.25, 0.3) is 22.6 Å². The standard InChI is InChI=1S/C23H22N6O/c24-21(25)16-10-11-18-19(14-16)29-22(28-18)20-17(9-5-12-26-20)23(30)27-13-4-8-15-6-2-1-3-7-15/h1-3,5-7,9-12,14H,4,8,13H2,(H3,24,25)(H,27,30)(H,28,29). The number of aromatic amines is 1. The minimum absolute atomic E-state index is 0.0125. The highest BCUT2D eigenvalue weighted by molar-refractivity contribution is 6.00. The molecule has 7 heteroatoms. The maximum absolute atomic E-state index is 12.8. The summed E-state index contributed by atoms with van der Waals surface area (Å²) < 4.78 is 0. The number of benzene rings is 2. The number of pyridine rings is 1. The first-order valence-electron chi connectivity index (χ1n) is 9.73. The second-order valence-electron chi connectivity index (χ2n) is 6.98. The van der Waals surface area contributed by atoms with Gasteiger partial charge in [-0.05, 0) is 48.7 Å². The maximum atomic E-state index is 12.8. The summed E-state index contributed by atoms with van der Waals surface area (Å²) in [6.45, 7) is 0.574. The first-order valence-corrected chi connectivity index (χ1v) is 9.73. The third-order valence-corrected chi connectivity index (χ3v) is 4.84. The molecule has 0 saturated heterocycles. The lowest BCUT2D eigenvalue weighted by molar-refractivity contribution is 0.0953. The molecule has 4 rings (SSSR count). The molecule has 7 nitrogen and oxygen atoms in total. The lowest BCUT2D eigenvalue weighted by atomic mass is 10.1. The van der Waals surface area contributed by atoms with Gasteiger partial charge < -0.3 is 16.0 Å². The van der Waals surface area contributed by atoms with Crippen LogP contribution in [0, 0.1) is 5.41 Å². The van der Waals surface area contributed by atoms with Crippen LogP contribution in [0.1, 0.15) is 27.9 Å². The average molecular weight is 398 g/mol. The molecule has 1 amide bonds. The number of amidine groups is 1. The molecule has 0 fully saturated rings. The fraction of sp³-hybridized carbons (Fsp3) is 0.130. The van der Waals surface area contributed by atoms with Crippen LogP contribution in [-0.4, -0.2) is 33.2 Å². The predicted molar refractivity (Wildman–Crippen MR) is 117 cm³/mol. The molecule has 4 aromatic rings. The normalized spacial score (nSPS) is 10.8. The van der Waals surface area contributed by atoms with E-state index in [1.165, 1.54) is 5.56 Å². The van der Waals surface area contributed by atoms with Gasteiger partial charge in [0.2, 0.25) is 0 Å². The SMILES string of the molecule is N=C(N)c1ccc2nc(-c3ncccc3C(=O)NCCCc3ccccc3)[nH]c2c1. The minimum Gasteiger partial charge on any atom is -0.384 e. The van der Waals surface area contributed by atoms with Gasteiger partial charge in [0.25, 0.3) is 5.91 Å². The first-order chi connectivity index (χ1) is 14.6. The Morgan fingerprint density at radius 1 is 1.10 bits per heavy atom. The molecule has 0 spiro atoms. The van der Waals surface area contributed by atoms with E-state index in [2.05, 4.69) is 32.4 Å². The number of hydrogen-bond donors (Lipinski definition) is 4. The fourth-order valence-electron chi connectivity index (χ4n) is 3.30. The Labute approximate surface area is 173 Å². The Balaban J connectivity index is 1.50. The Morgan fingerprint density at radius 2 is 1.93 bits per heavy atom. The van der Waals surface area contributed by atoms with Crippen LogP contribution in [0.15, 0.2) is 66.9 Å². The molecule has 0 aliphatic carbocycles. The molecule has 0 unspecified atom stereocenters. The summed E-state index contributed by atoms with van der Waals surface area (Å²) >= 11 is 0. The predicted octanol–water partition coefficient (Wildman–Crippen LogP) is 3.27. The van der Waals surface area contributed by atoms with E-state index < -0.39 is 0 Å². The number of carbonyl (C=O) groups is 1. The largest absolute Gasteiger partial charge is 0.384 e. The number of fused-ring (bicyclic) bond motifs is 1. The van der Waals surface area contributed by atoms with Gasteiger partial charge in [0.05, 0.1) is 16.6 Å². The van der Waals surface area contributed by atoms with Crippen molar-refractivity contribution in [2.75, 3.05) is 6.54 Å². The van der Waals surface area contributed by atoms with E-state index in [4.69, 9.17) is 11.1 Å². The van der Waals surface area contributed by atoms with Gasteiger partial charge in [-0.2, -0.15) is 0 Å². The molecule has 0 radical (unpaired) electrons. The number of nitrogens with zero attached hydrogens (tertiary/aromatic N) is 2. The van der Waals surface area contributed by atoms with Crippen molar-refractivity contribution in [2.24, 2.45) is 5.73 Å². The van der Waals surface area contributed by atoms with Crippen LogP contribution in [0.3, 0.4) is 0 Å². The number of amides is 1. The molecule has 0 aliphatic heterocycles. The van der Waals surface area contributed by atoms with Crippen molar-refractivity contribution in [1.29, 1.82) is 5.41 Å². The van der Waals surface area contributed by atoms with Gasteiger partial charge in [0, 0.05) is 18.3 Å². The van der Waals surface area contributed by atoms with Crippen molar-refractivity contribution in [3.8, 4) is 11.5 Å². The van der Waals surface area contributed by atoms with Crippen LogP contribution in [0.2, 0.25) is 0 Å². The number of imidazole rings is 1. The lowest BCUT2D eigenvalue weighted by Crippen LogP contribution is -2.25. The summed E-state index contributed by atoms with van der Waals surface area (Å²) in [5.74, 6) is 0.304. The van der Waals surface area contributed by atoms with Gasteiger partial charge >= 0.3 is 0 Å². The van der Waals surface area contributed by atoms with Crippen molar-refractivity contribution in [1.82, 2.24) is 20.3 Å². The van der Waals surface area contributed by atoms with Crippen molar-refractivity contribution in [3.05, 3.63) is 83.6 Å². The van der Waals surface area contributed by atoms with Gasteiger partial charge in [0.1, 0.15) is 11.5 Å².